The van der Waals surface area contributed by atoms with Gasteiger partial charge >= 0.3 is 12.1 Å². The minimum Gasteiger partial charge on any atom is -0.508 e. The lowest BCUT2D eigenvalue weighted by Gasteiger charge is -2.27. The van der Waals surface area contributed by atoms with Crippen molar-refractivity contribution in [2.45, 2.75) is 32.9 Å². The molecule has 1 saturated heterocycles. The first-order valence-electron chi connectivity index (χ1n) is 13.7. The molecule has 0 atom stereocenters. The highest BCUT2D eigenvalue weighted by Gasteiger charge is 2.38. The number of rotatable bonds is 11. The molecule has 5 N–H and O–H groups in total. The molecule has 1 aromatic heterocycles. The molecule has 1 aliphatic heterocycles. The molecule has 4 rings (SSSR count). The molecule has 3 aromatic rings. The SMILES string of the molecule is Cc1cc(OCCCNc2nc(NCCc3ccc(O)cc3)nc(N3CCNCC3)n2)c(Cl)c(C)c1Cl.O=C(O)C(F)(F)F. The first-order chi connectivity index (χ1) is 20.8. The van der Waals surface area contributed by atoms with E-state index in [-0.39, 0.29) is 5.75 Å². The van der Waals surface area contributed by atoms with Gasteiger partial charge in [-0.15, -0.1) is 0 Å². The summed E-state index contributed by atoms with van der Waals surface area (Å²) in [5, 5.41) is 27.8. The third kappa shape index (κ3) is 10.8. The Morgan fingerprint density at radius 1 is 1.02 bits per heavy atom. The molecule has 0 aliphatic carbocycles. The van der Waals surface area contributed by atoms with E-state index in [1.807, 2.05) is 32.0 Å². The Hall–Kier alpha value is -3.75. The van der Waals surface area contributed by atoms with Crippen LogP contribution in [0.4, 0.5) is 31.0 Å². The van der Waals surface area contributed by atoms with E-state index < -0.39 is 12.1 Å². The number of nitrogens with one attached hydrogen (secondary N) is 3. The van der Waals surface area contributed by atoms with Gasteiger partial charge in [0.25, 0.3) is 0 Å². The van der Waals surface area contributed by atoms with E-state index >= 15 is 0 Å². The van der Waals surface area contributed by atoms with Gasteiger partial charge in [0, 0.05) is 44.3 Å². The number of piperazine rings is 1. The monoisotopic (exact) mass is 659 g/mol. The smallest absolute Gasteiger partial charge is 0.490 e. The lowest BCUT2D eigenvalue weighted by Crippen LogP contribution is -2.44. The van der Waals surface area contributed by atoms with Gasteiger partial charge in [0.05, 0.1) is 11.6 Å². The normalized spacial score (nSPS) is 13.1. The Morgan fingerprint density at radius 3 is 2.20 bits per heavy atom. The van der Waals surface area contributed by atoms with E-state index in [1.165, 1.54) is 0 Å². The van der Waals surface area contributed by atoms with Crippen LogP contribution in [0, 0.1) is 13.8 Å². The fraction of sp³-hybridized carbons (Fsp3) is 0.429. The molecule has 44 heavy (non-hydrogen) atoms. The number of carbonyl (C=O) groups is 1. The molecular formula is C28H34Cl2F3N7O4. The molecule has 0 bridgehead atoms. The number of carboxylic acid groups (broad SMARTS) is 1. The summed E-state index contributed by atoms with van der Waals surface area (Å²) in [6, 6.07) is 9.06. The fourth-order valence-electron chi connectivity index (χ4n) is 3.97. The van der Waals surface area contributed by atoms with Crippen molar-refractivity contribution in [2.75, 3.05) is 61.4 Å². The van der Waals surface area contributed by atoms with Gasteiger partial charge in [-0.25, -0.2) is 4.79 Å². The van der Waals surface area contributed by atoms with E-state index in [1.54, 1.807) is 12.1 Å². The second-order valence-corrected chi connectivity index (χ2v) is 10.5. The zero-order valence-electron chi connectivity index (χ0n) is 24.1. The number of hydrogen-bond acceptors (Lipinski definition) is 10. The zero-order valence-corrected chi connectivity index (χ0v) is 25.7. The second-order valence-electron chi connectivity index (χ2n) is 9.74. The van der Waals surface area contributed by atoms with Crippen LogP contribution in [-0.4, -0.2) is 83.2 Å². The number of aliphatic carboxylic acids is 1. The van der Waals surface area contributed by atoms with Crippen LogP contribution in [0.25, 0.3) is 0 Å². The third-order valence-electron chi connectivity index (χ3n) is 6.33. The quantitative estimate of drug-likeness (QED) is 0.176. The number of aromatic nitrogens is 3. The molecule has 11 nitrogen and oxygen atoms in total. The van der Waals surface area contributed by atoms with Gasteiger partial charge in [-0.2, -0.15) is 28.1 Å². The lowest BCUT2D eigenvalue weighted by molar-refractivity contribution is -0.192. The number of carboxylic acids is 1. The van der Waals surface area contributed by atoms with Crippen LogP contribution in [0.3, 0.4) is 0 Å². The van der Waals surface area contributed by atoms with Crippen LogP contribution in [0.15, 0.2) is 30.3 Å². The number of phenolic OH excluding ortho intramolecular Hbond substituents is 1. The number of nitrogens with zero attached hydrogens (tertiary/aromatic N) is 4. The minimum atomic E-state index is -5.08. The molecule has 2 aromatic carbocycles. The number of ether oxygens (including phenoxy) is 1. The van der Waals surface area contributed by atoms with E-state index in [9.17, 15) is 18.3 Å². The Bertz CT molecular complexity index is 1390. The Kier molecular flexibility index (Phi) is 12.9. The summed E-state index contributed by atoms with van der Waals surface area (Å²) in [4.78, 5) is 24.9. The number of anilines is 3. The van der Waals surface area contributed by atoms with Crippen LogP contribution in [0.1, 0.15) is 23.1 Å². The topological polar surface area (TPSA) is 145 Å². The Morgan fingerprint density at radius 2 is 1.61 bits per heavy atom. The minimum absolute atomic E-state index is 0.262. The summed E-state index contributed by atoms with van der Waals surface area (Å²) in [7, 11) is 0. The highest BCUT2D eigenvalue weighted by molar-refractivity contribution is 6.37. The highest BCUT2D eigenvalue weighted by atomic mass is 35.5. The van der Waals surface area contributed by atoms with Crippen molar-refractivity contribution >= 4 is 47.0 Å². The average Bonchev–Trinajstić information content (AvgIpc) is 2.99. The summed E-state index contributed by atoms with van der Waals surface area (Å²) < 4.78 is 37.6. The van der Waals surface area contributed by atoms with Crippen molar-refractivity contribution < 1.29 is 32.9 Å². The predicted molar refractivity (Wildman–Crippen MR) is 163 cm³/mol. The summed E-state index contributed by atoms with van der Waals surface area (Å²) >= 11 is 12.7. The number of hydrogen-bond donors (Lipinski definition) is 5. The van der Waals surface area contributed by atoms with Crippen molar-refractivity contribution in [3.8, 4) is 11.5 Å². The molecule has 0 unspecified atom stereocenters. The van der Waals surface area contributed by atoms with Crippen molar-refractivity contribution in [3.63, 3.8) is 0 Å². The zero-order chi connectivity index (χ0) is 32.3. The maximum Gasteiger partial charge on any atom is 0.490 e. The fourth-order valence-corrected chi connectivity index (χ4v) is 4.37. The summed E-state index contributed by atoms with van der Waals surface area (Å²) in [5.41, 5.74) is 2.88. The molecule has 2 heterocycles. The Balaban J connectivity index is 0.000000676. The maximum atomic E-state index is 10.6. The second kappa shape index (κ2) is 16.4. The van der Waals surface area contributed by atoms with Gasteiger partial charge in [-0.1, -0.05) is 35.3 Å². The molecule has 0 saturated carbocycles. The standard InChI is InChI=1S/C26H33Cl2N7O2.C2HF3O2/c1-17-16-21(23(28)18(2)22(17)27)37-15-3-9-30-24-32-25(31-10-8-19-4-6-20(36)7-5-19)34-26(33-24)35-13-11-29-12-14-35;3-2(4,5)1(6)7/h4-7,16,29,36H,3,8-15H2,1-2H3,(H2,30,31,32,33,34);(H,6,7). The summed E-state index contributed by atoms with van der Waals surface area (Å²) in [5.74, 6) is -0.152. The highest BCUT2D eigenvalue weighted by Crippen LogP contribution is 2.35. The van der Waals surface area contributed by atoms with Crippen LogP contribution < -0.4 is 25.6 Å². The van der Waals surface area contributed by atoms with E-state index in [2.05, 4.69) is 35.8 Å². The molecule has 1 fully saturated rings. The Labute approximate surface area is 262 Å². The van der Waals surface area contributed by atoms with Crippen LogP contribution in [0.2, 0.25) is 10.0 Å². The molecule has 1 aliphatic rings. The summed E-state index contributed by atoms with van der Waals surface area (Å²) in [6.45, 7) is 9.05. The van der Waals surface area contributed by atoms with Gasteiger partial charge in [0.15, 0.2) is 0 Å². The predicted octanol–water partition coefficient (Wildman–Crippen LogP) is 5.08. The maximum absolute atomic E-state index is 10.6. The van der Waals surface area contributed by atoms with Crippen molar-refractivity contribution in [3.05, 3.63) is 57.1 Å². The van der Waals surface area contributed by atoms with Crippen LogP contribution in [0.5, 0.6) is 11.5 Å². The van der Waals surface area contributed by atoms with E-state index in [0.29, 0.717) is 53.3 Å². The first-order valence-corrected chi connectivity index (χ1v) is 14.5. The molecule has 240 valence electrons. The average molecular weight is 661 g/mol. The first kappa shape index (κ1) is 34.7. The number of aromatic hydroxyl groups is 1. The summed E-state index contributed by atoms with van der Waals surface area (Å²) in [6.07, 6.45) is -3.57. The number of aryl methyl sites for hydroxylation is 1. The largest absolute Gasteiger partial charge is 0.508 e. The van der Waals surface area contributed by atoms with Crippen molar-refractivity contribution in [1.82, 2.24) is 20.3 Å². The lowest BCUT2D eigenvalue weighted by atomic mass is 10.1. The van der Waals surface area contributed by atoms with Crippen LogP contribution in [-0.2, 0) is 11.2 Å². The van der Waals surface area contributed by atoms with Gasteiger partial charge in [0.1, 0.15) is 11.5 Å². The van der Waals surface area contributed by atoms with Gasteiger partial charge in [0.2, 0.25) is 17.8 Å². The number of halogens is 5. The van der Waals surface area contributed by atoms with E-state index in [4.69, 9.17) is 37.8 Å². The van der Waals surface area contributed by atoms with E-state index in [0.717, 1.165) is 55.7 Å². The number of alkyl halides is 3. The molecule has 0 spiro atoms. The van der Waals surface area contributed by atoms with Gasteiger partial charge in [-0.3, -0.25) is 0 Å². The van der Waals surface area contributed by atoms with Gasteiger partial charge in [-0.05, 0) is 61.6 Å². The molecule has 16 heteroatoms. The molecule has 0 amide bonds. The van der Waals surface area contributed by atoms with Crippen LogP contribution >= 0.6 is 23.2 Å². The third-order valence-corrected chi connectivity index (χ3v) is 7.38. The number of phenols is 1. The van der Waals surface area contributed by atoms with Gasteiger partial charge < -0.3 is 35.8 Å². The molecular weight excluding hydrogens is 626 g/mol. The molecule has 0 radical (unpaired) electrons. The van der Waals surface area contributed by atoms with Crippen molar-refractivity contribution in [2.24, 2.45) is 0 Å². The van der Waals surface area contributed by atoms with Crippen molar-refractivity contribution in [1.29, 1.82) is 0 Å². The number of benzene rings is 2.